The van der Waals surface area contributed by atoms with E-state index in [1.54, 1.807) is 48.8 Å². The molecule has 16 aromatic rings. The van der Waals surface area contributed by atoms with Gasteiger partial charge in [0.15, 0.2) is 66.8 Å². The summed E-state index contributed by atoms with van der Waals surface area (Å²) < 4.78 is 29.5. The van der Waals surface area contributed by atoms with Gasteiger partial charge in [-0.1, -0.05) is 126 Å². The fourth-order valence-electron chi connectivity index (χ4n) is 18.0. The Balaban J connectivity index is 0.000000163. The monoisotopic (exact) mass is 2040 g/mol. The number of ketones is 1. The van der Waals surface area contributed by atoms with Gasteiger partial charge in [-0.15, -0.1) is 5.00 Å². The standard InChI is InChI=1S/C22H23N5O3.C22H25N5O2.C22H22N4O3.C20H19BrN4O2.C4H7O.3C4H9.ClH2NO.Sn/c1-5-26-20-18(25(4)19(23-20)14(3)24-30)21(28)27(22(26)29)12-15-9-10-17-13(2)7-6-8-16(17)11-15;1-5-26-20-18(25(4)19(24-20)14(3)23)21(28)27(22(26)29)12-15-9-10-17-13(2)7-6-8-16(17)11-15;1-5-25-20-18(24(4)19(23-20)14(3)27)21(28)26(22(25)29)12-15-9-10-17-13(2)7-6-8-16(17)11-15;1-4-24-17-16(23(3)19(21)22-17)18(26)25(20(24)27)11-13-8-9-15-12(2)6-5-7-14(15)10-13;1-3-5-4-2;3*1-3-4-2;1-2-3;/h6-11,30H,5,12H2,1-4H3;6-11,14H,5,12,23H2,1-4H3;6-11H,5,12H2,1-4H3;5-10H,4,11H2,1-3H3;1,4H2,2H3;3*1,3-4H2,2H3;2-3H;/b24-14-;;;;;;;;;. The fourth-order valence-corrected chi connectivity index (χ4v) is 33.0. The van der Waals surface area contributed by atoms with E-state index in [9.17, 15) is 43.2 Å². The van der Waals surface area contributed by atoms with Gasteiger partial charge in [0.2, 0.25) is 0 Å². The number of fused-ring (bicyclic) bond motifs is 8. The molecule has 8 aromatic heterocycles. The minimum absolute atomic E-state index is 0.151. The second-order valence-electron chi connectivity index (χ2n) is 34.4. The number of hydrogen-bond donors (Lipinski definition) is 4. The molecule has 718 valence electrons. The average molecular weight is 2040 g/mol. The Morgan fingerprint density at radius 2 is 0.743 bits per heavy atom. The van der Waals surface area contributed by atoms with Crippen molar-refractivity contribution in [1.29, 1.82) is 0 Å². The van der Waals surface area contributed by atoms with Crippen LogP contribution in [0.1, 0.15) is 188 Å². The molecule has 5 N–H and O–H groups in total. The quantitative estimate of drug-likeness (QED) is 0.00543. The summed E-state index contributed by atoms with van der Waals surface area (Å²) in [6.45, 7) is 36.9. The molecule has 0 aliphatic carbocycles. The van der Waals surface area contributed by atoms with Gasteiger partial charge in [-0.3, -0.25) is 60.5 Å². The molecule has 0 aliphatic heterocycles. The fraction of sp³-hybridized carbons (Fsp3) is 0.373. The van der Waals surface area contributed by atoms with Crippen LogP contribution in [-0.4, -0.2) is 122 Å². The van der Waals surface area contributed by atoms with E-state index in [4.69, 9.17) is 20.9 Å². The molecule has 8 heterocycles. The molecule has 0 aliphatic rings. The number of rotatable bonds is 27. The zero-order valence-electron chi connectivity index (χ0n) is 81.3. The Morgan fingerprint density at radius 3 is 1.03 bits per heavy atom. The maximum atomic E-state index is 13.3. The summed E-state index contributed by atoms with van der Waals surface area (Å²) in [7, 11) is 6.83. The summed E-state index contributed by atoms with van der Waals surface area (Å²) in [5.74, 6) is 0.829. The minimum atomic E-state index is -2.24. The van der Waals surface area contributed by atoms with Crippen molar-refractivity contribution >= 4 is 145 Å². The predicted molar refractivity (Wildman–Crippen MR) is 552 cm³/mol. The van der Waals surface area contributed by atoms with Gasteiger partial charge in [-0.25, -0.2) is 39.1 Å². The van der Waals surface area contributed by atoms with Crippen molar-refractivity contribution in [3.63, 3.8) is 0 Å². The molecule has 0 radical (unpaired) electrons. The number of carbonyl (C=O) groups is 1. The number of nitrogens with one attached hydrogen (secondary N) is 1. The summed E-state index contributed by atoms with van der Waals surface area (Å²) in [4.78, 5) is 136. The van der Waals surface area contributed by atoms with Crippen molar-refractivity contribution in [2.75, 3.05) is 6.61 Å². The molecule has 0 saturated heterocycles. The van der Waals surface area contributed by atoms with Gasteiger partial charge in [0.25, 0.3) is 22.2 Å². The van der Waals surface area contributed by atoms with Crippen LogP contribution in [0.2, 0.25) is 13.3 Å². The molecule has 0 spiro atoms. The molecule has 0 saturated carbocycles. The van der Waals surface area contributed by atoms with Crippen molar-refractivity contribution in [1.82, 2.24) is 79.7 Å². The number of hydrogen-bond acceptors (Lipinski definition) is 19. The molecular weight excluding hydrogens is 1920 g/mol. The van der Waals surface area contributed by atoms with Crippen LogP contribution in [-0.2, 0) is 85.3 Å². The molecular formula is C102H125BrClN19O12Sn. The Bertz CT molecular complexity index is 7730. The summed E-state index contributed by atoms with van der Waals surface area (Å²) in [5.41, 5.74) is 14.2. The smallest absolute Gasteiger partial charge is 0.333 e. The van der Waals surface area contributed by atoms with E-state index in [-0.39, 0.29) is 83.2 Å². The summed E-state index contributed by atoms with van der Waals surface area (Å²) >= 11 is 5.41. The Kier molecular flexibility index (Phi) is 35.1. The van der Waals surface area contributed by atoms with Crippen molar-refractivity contribution < 1.29 is 19.9 Å². The van der Waals surface area contributed by atoms with E-state index in [0.717, 1.165) is 61.2 Å². The van der Waals surface area contributed by atoms with Crippen LogP contribution in [0.15, 0.2) is 204 Å². The number of oxime groups is 1. The Morgan fingerprint density at radius 1 is 0.456 bits per heavy atom. The molecule has 0 amide bonds. The average Bonchev–Trinajstić information content (AvgIpc) is 1.60. The van der Waals surface area contributed by atoms with E-state index >= 15 is 0 Å². The molecule has 34 heteroatoms. The van der Waals surface area contributed by atoms with Crippen LogP contribution in [0, 0.1) is 27.7 Å². The molecule has 0 bridgehead atoms. The maximum Gasteiger partial charge on any atom is 0.333 e. The molecule has 136 heavy (non-hydrogen) atoms. The molecule has 16 rings (SSSR count). The SMILES string of the molecule is C=[C](OCC)[Sn]([CH2]CCC)([CH2]CCC)[CH2]CCC.CCn1c(=O)n(Cc2ccc3c(C)cccc3c2)c(=O)c2c1nc(/C(C)=N\O)n2C.CCn1c(=O)n(Cc2ccc3c(C)cccc3c2)c(=O)c2c1nc(Br)n2C.CCn1c(=O)n(Cc2ccc3c(C)cccc3c2)c(=O)c2c1nc(C(C)=O)n2C.CCn1c(=O)n(Cc2ccc3c(C)cccc3c2)c(=O)c2c1nc(C(C)N)n2C.ONCl. The molecule has 31 nitrogen and oxygen atoms in total. The first-order valence-corrected chi connectivity index (χ1v) is 54.8. The van der Waals surface area contributed by atoms with Crippen LogP contribution in [0.3, 0.4) is 0 Å². The van der Waals surface area contributed by atoms with Crippen LogP contribution >= 0.6 is 27.7 Å². The number of imidazole rings is 4. The first kappa shape index (κ1) is 104. The van der Waals surface area contributed by atoms with Crippen molar-refractivity contribution in [2.45, 2.75) is 214 Å². The number of benzene rings is 8. The largest absolute Gasteiger partial charge is 0.411 e. The number of aromatic nitrogens is 16. The number of aryl methyl sites for hydroxylation is 12. The minimum Gasteiger partial charge on any atom is -0.411 e. The van der Waals surface area contributed by atoms with E-state index in [1.165, 1.54) is 142 Å². The molecule has 8 aromatic carbocycles. The summed E-state index contributed by atoms with van der Waals surface area (Å²) in [6, 6.07) is 48.0. The second-order valence-corrected chi connectivity index (χ2v) is 48.5. The Hall–Kier alpha value is -12.5. The van der Waals surface area contributed by atoms with Gasteiger partial charge in [0.05, 0.1) is 32.2 Å². The van der Waals surface area contributed by atoms with Crippen LogP contribution < -0.4 is 55.7 Å². The zero-order chi connectivity index (χ0) is 99.2. The maximum absolute atomic E-state index is 13.3. The summed E-state index contributed by atoms with van der Waals surface area (Å²) in [5, 5.41) is 28.3. The van der Waals surface area contributed by atoms with Crippen molar-refractivity contribution in [2.24, 2.45) is 39.1 Å². The topological polar surface area (TPSA) is 364 Å². The van der Waals surface area contributed by atoms with E-state index < -0.39 is 40.9 Å². The van der Waals surface area contributed by atoms with Gasteiger partial charge < -0.3 is 34.4 Å². The van der Waals surface area contributed by atoms with Gasteiger partial charge in [-0.2, -0.15) is 0 Å². The third-order valence-electron chi connectivity index (χ3n) is 25.4. The first-order valence-electron chi connectivity index (χ1n) is 46.2. The number of ether oxygens (including phenoxy) is 1. The molecule has 0 fully saturated rings. The van der Waals surface area contributed by atoms with Gasteiger partial charge >= 0.3 is 142 Å². The van der Waals surface area contributed by atoms with Crippen molar-refractivity contribution in [3.05, 3.63) is 306 Å². The molecule has 1 unspecified atom stereocenters. The van der Waals surface area contributed by atoms with Gasteiger partial charge in [0, 0.05) is 73.1 Å². The molecule has 1 atom stereocenters. The van der Waals surface area contributed by atoms with Gasteiger partial charge in [-0.05, 0) is 197 Å². The summed E-state index contributed by atoms with van der Waals surface area (Å²) in [6.07, 6.45) is 8.10. The normalized spacial score (nSPS) is 11.8. The number of carbonyl (C=O) groups excluding carboxylic acids is 1. The second kappa shape index (κ2) is 45.9. The Labute approximate surface area is 805 Å². The third-order valence-corrected chi connectivity index (χ3v) is 41.1. The van der Waals surface area contributed by atoms with E-state index in [0.29, 0.717) is 76.1 Å². The van der Waals surface area contributed by atoms with E-state index in [2.05, 4.69) is 139 Å². The van der Waals surface area contributed by atoms with Crippen LogP contribution in [0.4, 0.5) is 0 Å². The van der Waals surface area contributed by atoms with Crippen LogP contribution in [0.25, 0.3) is 87.7 Å². The third kappa shape index (κ3) is 21.7. The van der Waals surface area contributed by atoms with E-state index in [1.807, 2.05) is 156 Å². The number of nitrogens with zero attached hydrogens (tertiary/aromatic N) is 17. The number of nitrogens with two attached hydrogens (primary N) is 1. The zero-order valence-corrected chi connectivity index (χ0v) is 86.5. The number of unbranched alkanes of at least 4 members (excludes halogenated alkanes) is 3. The predicted octanol–water partition coefficient (Wildman–Crippen LogP) is 16.9. The van der Waals surface area contributed by atoms with Gasteiger partial charge in [0.1, 0.15) is 11.5 Å². The van der Waals surface area contributed by atoms with Crippen molar-refractivity contribution in [3.8, 4) is 0 Å². The number of Topliss-reactive ketones (excluding diaryl/α,β-unsaturated/α-hetero) is 1. The first-order chi connectivity index (χ1) is 65.0. The van der Waals surface area contributed by atoms with Crippen LogP contribution in [0.5, 0.6) is 0 Å². The number of halogens is 2.